The minimum atomic E-state index is 0.196. The molecular weight excluding hydrogens is 372 g/mol. The zero-order valence-electron chi connectivity index (χ0n) is 17.4. The van der Waals surface area contributed by atoms with Gasteiger partial charge in [0.1, 0.15) is 5.75 Å². The first kappa shape index (κ1) is 19.9. The number of anilines is 1. The number of nitrogens with one attached hydrogen (secondary N) is 1. The van der Waals surface area contributed by atoms with E-state index in [0.29, 0.717) is 6.42 Å². The fourth-order valence-electron chi connectivity index (χ4n) is 3.81. The van der Waals surface area contributed by atoms with E-state index in [1.54, 1.807) is 13.3 Å². The summed E-state index contributed by atoms with van der Waals surface area (Å²) in [6.07, 6.45) is 4.06. The molecule has 1 unspecified atom stereocenters. The van der Waals surface area contributed by atoms with E-state index in [1.807, 2.05) is 60.7 Å². The number of nitrogens with zero attached hydrogens (tertiary/aromatic N) is 1. The number of hydrogen-bond acceptors (Lipinski definition) is 4. The van der Waals surface area contributed by atoms with Crippen molar-refractivity contribution in [1.29, 1.82) is 0 Å². The zero-order chi connectivity index (χ0) is 20.9. The average Bonchev–Trinajstić information content (AvgIpc) is 2.78. The van der Waals surface area contributed by atoms with Crippen molar-refractivity contribution in [2.24, 2.45) is 0 Å². The number of carbonyl (C=O) groups excluding carboxylic acids is 1. The lowest BCUT2D eigenvalue weighted by Gasteiger charge is -2.17. The SMILES string of the molecule is COc1cc(NC(C)CCCC(=O)c2ccc3ccccc3c2)c2ncccc2c1. The Bertz CT molecular complexity index is 1190. The predicted octanol–water partition coefficient (Wildman–Crippen LogP) is 6.25. The lowest BCUT2D eigenvalue weighted by atomic mass is 10.0. The third-order valence-corrected chi connectivity index (χ3v) is 5.43. The van der Waals surface area contributed by atoms with E-state index in [4.69, 9.17) is 4.74 Å². The second kappa shape index (κ2) is 8.95. The molecule has 152 valence electrons. The maximum atomic E-state index is 12.6. The number of fused-ring (bicyclic) bond motifs is 2. The molecule has 1 heterocycles. The number of aromatic nitrogens is 1. The van der Waals surface area contributed by atoms with Crippen LogP contribution in [0.15, 0.2) is 72.9 Å². The molecule has 0 aliphatic rings. The number of carbonyl (C=O) groups is 1. The van der Waals surface area contributed by atoms with Gasteiger partial charge in [-0.15, -0.1) is 0 Å². The van der Waals surface area contributed by atoms with Gasteiger partial charge in [-0.25, -0.2) is 0 Å². The van der Waals surface area contributed by atoms with Gasteiger partial charge >= 0.3 is 0 Å². The third kappa shape index (κ3) is 4.43. The third-order valence-electron chi connectivity index (χ3n) is 5.43. The second-order valence-corrected chi connectivity index (χ2v) is 7.67. The van der Waals surface area contributed by atoms with Crippen LogP contribution in [0.3, 0.4) is 0 Å². The molecule has 1 atom stereocenters. The van der Waals surface area contributed by atoms with Crippen LogP contribution in [0, 0.1) is 0 Å². The molecule has 0 bridgehead atoms. The molecule has 0 spiro atoms. The number of ether oxygens (including phenoxy) is 1. The number of methoxy groups -OCH3 is 1. The Balaban J connectivity index is 1.37. The van der Waals surface area contributed by atoms with Crippen LogP contribution in [0.2, 0.25) is 0 Å². The lowest BCUT2D eigenvalue weighted by molar-refractivity contribution is 0.0979. The van der Waals surface area contributed by atoms with Gasteiger partial charge in [0.15, 0.2) is 5.78 Å². The summed E-state index contributed by atoms with van der Waals surface area (Å²) < 4.78 is 5.42. The number of Topliss-reactive ketones (excluding diaryl/α,β-unsaturated/α-hetero) is 1. The van der Waals surface area contributed by atoms with Gasteiger partial charge in [0.25, 0.3) is 0 Å². The predicted molar refractivity (Wildman–Crippen MR) is 124 cm³/mol. The quantitative estimate of drug-likeness (QED) is 0.356. The molecule has 0 aliphatic heterocycles. The molecule has 4 aromatic rings. The summed E-state index contributed by atoms with van der Waals surface area (Å²) in [6, 6.07) is 22.2. The van der Waals surface area contributed by atoms with E-state index in [1.165, 1.54) is 0 Å². The molecular formula is C26H26N2O2. The van der Waals surface area contributed by atoms with Crippen LogP contribution in [-0.2, 0) is 0 Å². The summed E-state index contributed by atoms with van der Waals surface area (Å²) in [5.74, 6) is 0.998. The van der Waals surface area contributed by atoms with Gasteiger partial charge in [0, 0.05) is 35.7 Å². The summed E-state index contributed by atoms with van der Waals surface area (Å²) >= 11 is 0. The fraction of sp³-hybridized carbons (Fsp3) is 0.231. The molecule has 4 rings (SSSR count). The van der Waals surface area contributed by atoms with Gasteiger partial charge in [-0.2, -0.15) is 0 Å². The largest absolute Gasteiger partial charge is 0.497 e. The van der Waals surface area contributed by atoms with Crippen LogP contribution in [-0.4, -0.2) is 23.9 Å². The smallest absolute Gasteiger partial charge is 0.162 e. The van der Waals surface area contributed by atoms with Crippen molar-refractivity contribution in [2.75, 3.05) is 12.4 Å². The molecule has 0 aliphatic carbocycles. The molecule has 0 fully saturated rings. The monoisotopic (exact) mass is 398 g/mol. The van der Waals surface area contributed by atoms with Crippen LogP contribution in [0.25, 0.3) is 21.7 Å². The van der Waals surface area contributed by atoms with E-state index < -0.39 is 0 Å². The minimum absolute atomic E-state index is 0.196. The molecule has 1 N–H and O–H groups in total. The Hall–Kier alpha value is -3.40. The number of pyridine rings is 1. The zero-order valence-corrected chi connectivity index (χ0v) is 17.4. The first-order valence-electron chi connectivity index (χ1n) is 10.4. The summed E-state index contributed by atoms with van der Waals surface area (Å²) in [5, 5.41) is 6.85. The summed E-state index contributed by atoms with van der Waals surface area (Å²) in [7, 11) is 1.67. The van der Waals surface area contributed by atoms with E-state index in [-0.39, 0.29) is 11.8 Å². The van der Waals surface area contributed by atoms with Crippen molar-refractivity contribution in [2.45, 2.75) is 32.2 Å². The topological polar surface area (TPSA) is 51.2 Å². The first-order chi connectivity index (χ1) is 14.6. The van der Waals surface area contributed by atoms with Gasteiger partial charge < -0.3 is 10.1 Å². The van der Waals surface area contributed by atoms with Crippen molar-refractivity contribution in [3.8, 4) is 5.75 Å². The highest BCUT2D eigenvalue weighted by molar-refractivity contribution is 6.00. The number of rotatable bonds is 8. The Morgan fingerprint density at radius 2 is 1.80 bits per heavy atom. The van der Waals surface area contributed by atoms with Crippen LogP contribution in [0.5, 0.6) is 5.75 Å². The molecule has 4 nitrogen and oxygen atoms in total. The van der Waals surface area contributed by atoms with Crippen molar-refractivity contribution in [3.63, 3.8) is 0 Å². The first-order valence-corrected chi connectivity index (χ1v) is 10.4. The van der Waals surface area contributed by atoms with Crippen molar-refractivity contribution >= 4 is 33.1 Å². The average molecular weight is 399 g/mol. The van der Waals surface area contributed by atoms with Crippen LogP contribution in [0.4, 0.5) is 5.69 Å². The highest BCUT2D eigenvalue weighted by Gasteiger charge is 2.11. The molecule has 1 aromatic heterocycles. The standard InChI is InChI=1S/C26H26N2O2/c1-18(28-24-17-23(30-2)16-22-10-6-14-27-26(22)24)7-5-11-25(29)21-13-12-19-8-3-4-9-20(19)15-21/h3-4,6,8-10,12-18,28H,5,7,11H2,1-2H3. The molecule has 0 saturated heterocycles. The van der Waals surface area contributed by atoms with E-state index in [2.05, 4.69) is 23.3 Å². The lowest BCUT2D eigenvalue weighted by Crippen LogP contribution is -2.16. The summed E-state index contributed by atoms with van der Waals surface area (Å²) in [4.78, 5) is 17.2. The van der Waals surface area contributed by atoms with Crippen LogP contribution in [0.1, 0.15) is 36.5 Å². The molecule has 30 heavy (non-hydrogen) atoms. The fourth-order valence-corrected chi connectivity index (χ4v) is 3.81. The molecule has 0 saturated carbocycles. The Kier molecular flexibility index (Phi) is 5.94. The molecule has 0 radical (unpaired) electrons. The van der Waals surface area contributed by atoms with E-state index in [9.17, 15) is 4.79 Å². The highest BCUT2D eigenvalue weighted by Crippen LogP contribution is 2.28. The van der Waals surface area contributed by atoms with Crippen molar-refractivity contribution in [1.82, 2.24) is 4.98 Å². The minimum Gasteiger partial charge on any atom is -0.497 e. The van der Waals surface area contributed by atoms with Gasteiger partial charge in [-0.05, 0) is 48.7 Å². The Morgan fingerprint density at radius 3 is 2.63 bits per heavy atom. The maximum Gasteiger partial charge on any atom is 0.162 e. The van der Waals surface area contributed by atoms with E-state index >= 15 is 0 Å². The van der Waals surface area contributed by atoms with Gasteiger partial charge in [0.05, 0.1) is 18.3 Å². The van der Waals surface area contributed by atoms with E-state index in [0.717, 1.165) is 51.5 Å². The van der Waals surface area contributed by atoms with Crippen molar-refractivity contribution < 1.29 is 9.53 Å². The second-order valence-electron chi connectivity index (χ2n) is 7.67. The van der Waals surface area contributed by atoms with Gasteiger partial charge in [-0.3, -0.25) is 9.78 Å². The molecule has 4 heteroatoms. The number of benzene rings is 3. The molecule has 3 aromatic carbocycles. The normalized spacial score (nSPS) is 12.1. The highest BCUT2D eigenvalue weighted by atomic mass is 16.5. The summed E-state index contributed by atoms with van der Waals surface area (Å²) in [5.41, 5.74) is 2.67. The Labute approximate surface area is 176 Å². The van der Waals surface area contributed by atoms with Gasteiger partial charge in [0.2, 0.25) is 0 Å². The molecule has 0 amide bonds. The Morgan fingerprint density at radius 1 is 1.00 bits per heavy atom. The summed E-state index contributed by atoms with van der Waals surface area (Å²) in [6.45, 7) is 2.13. The van der Waals surface area contributed by atoms with Crippen molar-refractivity contribution in [3.05, 3.63) is 78.5 Å². The van der Waals surface area contributed by atoms with Crippen LogP contribution < -0.4 is 10.1 Å². The van der Waals surface area contributed by atoms with Crippen LogP contribution >= 0.6 is 0 Å². The number of hydrogen-bond donors (Lipinski definition) is 1. The number of ketones is 1. The van der Waals surface area contributed by atoms with Gasteiger partial charge in [-0.1, -0.05) is 42.5 Å². The maximum absolute atomic E-state index is 12.6.